The molecule has 1 aromatic rings. The highest BCUT2D eigenvalue weighted by Crippen LogP contribution is 2.42. The second-order valence-corrected chi connectivity index (χ2v) is 6.55. The van der Waals surface area contributed by atoms with Crippen LogP contribution in [0.25, 0.3) is 0 Å². The molecule has 2 saturated heterocycles. The van der Waals surface area contributed by atoms with Crippen molar-refractivity contribution in [3.05, 3.63) is 26.9 Å². The van der Waals surface area contributed by atoms with Crippen molar-refractivity contribution in [2.24, 2.45) is 0 Å². The summed E-state index contributed by atoms with van der Waals surface area (Å²) in [5.74, 6) is -0.761. The zero-order chi connectivity index (χ0) is 16.8. The predicted molar refractivity (Wildman–Crippen MR) is 83.5 cm³/mol. The van der Waals surface area contributed by atoms with Gasteiger partial charge in [-0.15, -0.1) is 0 Å². The van der Waals surface area contributed by atoms with Gasteiger partial charge in [0.2, 0.25) is 0 Å². The van der Waals surface area contributed by atoms with Gasteiger partial charge >= 0.3 is 0 Å². The molecule has 4 atom stereocenters. The van der Waals surface area contributed by atoms with Crippen LogP contribution in [-0.4, -0.2) is 52.4 Å². The summed E-state index contributed by atoms with van der Waals surface area (Å²) >= 11 is 5.26. The molecule has 4 unspecified atom stereocenters. The molecule has 2 aliphatic rings. The average molecular weight is 343 g/mol. The van der Waals surface area contributed by atoms with Crippen LogP contribution in [0.5, 0.6) is 0 Å². The minimum Gasteiger partial charge on any atom is -0.394 e. The van der Waals surface area contributed by atoms with E-state index in [4.69, 9.17) is 26.4 Å². The summed E-state index contributed by atoms with van der Waals surface area (Å²) in [7, 11) is 1.76. The van der Waals surface area contributed by atoms with Crippen LogP contribution in [0.2, 0.25) is 0 Å². The maximum atomic E-state index is 11.9. The average Bonchev–Trinajstić information content (AvgIpc) is 2.95. The van der Waals surface area contributed by atoms with E-state index in [2.05, 4.69) is 10.3 Å². The minimum absolute atomic E-state index is 0.183. The highest BCUT2D eigenvalue weighted by atomic mass is 32.1. The van der Waals surface area contributed by atoms with Gasteiger partial charge in [0.15, 0.2) is 16.8 Å². The number of rotatable bonds is 4. The Bertz CT molecular complexity index is 700. The molecule has 3 heterocycles. The summed E-state index contributed by atoms with van der Waals surface area (Å²) < 4.78 is 19.5. The molecule has 1 aromatic heterocycles. The van der Waals surface area contributed by atoms with Crippen molar-refractivity contribution >= 4 is 12.2 Å². The summed E-state index contributed by atoms with van der Waals surface area (Å²) in [5.41, 5.74) is 0.296. The summed E-state index contributed by atoms with van der Waals surface area (Å²) in [6.45, 7) is 3.85. The van der Waals surface area contributed by atoms with Crippen molar-refractivity contribution in [1.82, 2.24) is 14.9 Å². The summed E-state index contributed by atoms with van der Waals surface area (Å²) in [6, 6.07) is 0. The molecule has 0 spiro atoms. The predicted octanol–water partition coefficient (Wildman–Crippen LogP) is 0.0351. The number of nitrogens with zero attached hydrogens (tertiary/aromatic N) is 1. The lowest BCUT2D eigenvalue weighted by molar-refractivity contribution is -0.200. The van der Waals surface area contributed by atoms with Gasteiger partial charge in [-0.3, -0.25) is 14.3 Å². The van der Waals surface area contributed by atoms with E-state index in [9.17, 15) is 9.90 Å². The van der Waals surface area contributed by atoms with Crippen LogP contribution in [0.3, 0.4) is 0 Å². The molecule has 0 aromatic carbocycles. The van der Waals surface area contributed by atoms with Crippen LogP contribution in [0.1, 0.15) is 25.6 Å². The van der Waals surface area contributed by atoms with Crippen molar-refractivity contribution in [2.75, 3.05) is 13.7 Å². The van der Waals surface area contributed by atoms with Gasteiger partial charge in [0.05, 0.1) is 6.61 Å². The Balaban J connectivity index is 2.00. The molecule has 0 amide bonds. The topological polar surface area (TPSA) is 97.7 Å². The van der Waals surface area contributed by atoms with Crippen LogP contribution in [0.15, 0.2) is 11.0 Å². The molecule has 0 bridgehead atoms. The quantitative estimate of drug-likeness (QED) is 0.664. The van der Waals surface area contributed by atoms with Crippen molar-refractivity contribution < 1.29 is 19.3 Å². The third kappa shape index (κ3) is 3.00. The SMILES string of the molecule is CNCc1cn(C2OC(CO)C3OC(C)(C)OC32)c(=S)[nH]c1=O. The van der Waals surface area contributed by atoms with Crippen molar-refractivity contribution in [3.8, 4) is 0 Å². The molecule has 0 radical (unpaired) electrons. The molecular formula is C14H21N3O5S. The van der Waals surface area contributed by atoms with Gasteiger partial charge in [-0.25, -0.2) is 0 Å². The van der Waals surface area contributed by atoms with E-state index in [1.807, 2.05) is 13.8 Å². The molecule has 9 heteroatoms. The molecule has 2 aliphatic heterocycles. The Labute approximate surface area is 138 Å². The number of aromatic nitrogens is 2. The highest BCUT2D eigenvalue weighted by Gasteiger charge is 2.55. The molecule has 128 valence electrons. The van der Waals surface area contributed by atoms with Gasteiger partial charge in [-0.2, -0.15) is 0 Å². The Morgan fingerprint density at radius 1 is 1.43 bits per heavy atom. The van der Waals surface area contributed by atoms with E-state index >= 15 is 0 Å². The van der Waals surface area contributed by atoms with Crippen LogP contribution in [-0.2, 0) is 20.8 Å². The number of aliphatic hydroxyl groups excluding tert-OH is 1. The Morgan fingerprint density at radius 2 is 2.13 bits per heavy atom. The molecule has 3 rings (SSSR count). The van der Waals surface area contributed by atoms with Crippen LogP contribution in [0, 0.1) is 4.77 Å². The number of nitrogens with one attached hydrogen (secondary N) is 2. The lowest BCUT2D eigenvalue weighted by Gasteiger charge is -2.25. The van der Waals surface area contributed by atoms with Gasteiger partial charge in [-0.1, -0.05) is 0 Å². The first-order valence-electron chi connectivity index (χ1n) is 7.47. The van der Waals surface area contributed by atoms with Crippen molar-refractivity contribution in [2.45, 2.75) is 50.7 Å². The number of ether oxygens (including phenoxy) is 3. The molecule has 23 heavy (non-hydrogen) atoms. The van der Waals surface area contributed by atoms with E-state index in [1.54, 1.807) is 17.8 Å². The molecule has 2 fully saturated rings. The second kappa shape index (κ2) is 6.08. The fourth-order valence-corrected chi connectivity index (χ4v) is 3.31. The fraction of sp³-hybridized carbons (Fsp3) is 0.714. The van der Waals surface area contributed by atoms with Gasteiger partial charge < -0.3 is 24.6 Å². The van der Waals surface area contributed by atoms with E-state index in [1.165, 1.54) is 0 Å². The zero-order valence-electron chi connectivity index (χ0n) is 13.2. The maximum Gasteiger partial charge on any atom is 0.256 e. The first kappa shape index (κ1) is 16.7. The van der Waals surface area contributed by atoms with Gasteiger partial charge in [0, 0.05) is 18.3 Å². The summed E-state index contributed by atoms with van der Waals surface area (Å²) in [6.07, 6.45) is -0.218. The smallest absolute Gasteiger partial charge is 0.256 e. The summed E-state index contributed by atoms with van der Waals surface area (Å²) in [5, 5.41) is 12.5. The zero-order valence-corrected chi connectivity index (χ0v) is 14.1. The Kier molecular flexibility index (Phi) is 4.43. The summed E-state index contributed by atoms with van der Waals surface area (Å²) in [4.78, 5) is 14.6. The molecule has 8 nitrogen and oxygen atoms in total. The van der Waals surface area contributed by atoms with Gasteiger partial charge in [0.25, 0.3) is 5.56 Å². The maximum absolute atomic E-state index is 11.9. The lowest BCUT2D eigenvalue weighted by atomic mass is 10.1. The Morgan fingerprint density at radius 3 is 2.78 bits per heavy atom. The van der Waals surface area contributed by atoms with Crippen LogP contribution >= 0.6 is 12.2 Å². The van der Waals surface area contributed by atoms with Crippen LogP contribution < -0.4 is 10.9 Å². The largest absolute Gasteiger partial charge is 0.394 e. The van der Waals surface area contributed by atoms with E-state index in [0.29, 0.717) is 12.1 Å². The number of aromatic amines is 1. The standard InChI is InChI=1S/C14H21N3O5S/c1-14(2)21-9-8(6-18)20-12(10(9)22-14)17-5-7(4-15-3)11(19)16-13(17)23/h5,8-10,12,15,18H,4,6H2,1-3H3,(H,16,19,23). The van der Waals surface area contributed by atoms with E-state index in [0.717, 1.165) is 0 Å². The third-order valence-electron chi connectivity index (χ3n) is 3.99. The highest BCUT2D eigenvalue weighted by molar-refractivity contribution is 7.71. The van der Waals surface area contributed by atoms with Crippen molar-refractivity contribution in [3.63, 3.8) is 0 Å². The first-order valence-corrected chi connectivity index (χ1v) is 7.88. The Hall–Kier alpha value is -1.10. The van der Waals surface area contributed by atoms with Crippen LogP contribution in [0.4, 0.5) is 0 Å². The second-order valence-electron chi connectivity index (χ2n) is 6.16. The normalized spacial score (nSPS) is 32.2. The number of aliphatic hydroxyl groups is 1. The molecule has 0 saturated carbocycles. The molecule has 3 N–H and O–H groups in total. The molecular weight excluding hydrogens is 322 g/mol. The number of fused-ring (bicyclic) bond motifs is 1. The van der Waals surface area contributed by atoms with Gasteiger partial charge in [0.1, 0.15) is 18.3 Å². The van der Waals surface area contributed by atoms with E-state index in [-0.39, 0.29) is 23.0 Å². The minimum atomic E-state index is -0.761. The number of hydrogen-bond donors (Lipinski definition) is 3. The van der Waals surface area contributed by atoms with E-state index < -0.39 is 24.2 Å². The van der Waals surface area contributed by atoms with Crippen molar-refractivity contribution in [1.29, 1.82) is 0 Å². The number of H-pyrrole nitrogens is 1. The first-order chi connectivity index (χ1) is 10.9. The fourth-order valence-electron chi connectivity index (χ4n) is 3.06. The van der Waals surface area contributed by atoms with Gasteiger partial charge in [-0.05, 0) is 33.1 Å². The number of hydrogen-bond acceptors (Lipinski definition) is 7. The molecule has 0 aliphatic carbocycles. The monoisotopic (exact) mass is 343 g/mol. The lowest BCUT2D eigenvalue weighted by Crippen LogP contribution is -2.31. The third-order valence-corrected chi connectivity index (χ3v) is 4.30.